The van der Waals surface area contributed by atoms with Crippen LogP contribution in [0.2, 0.25) is 0 Å². The van der Waals surface area contributed by atoms with E-state index in [1.165, 1.54) is 0 Å². The van der Waals surface area contributed by atoms with Gasteiger partial charge in [0.2, 0.25) is 0 Å². The van der Waals surface area contributed by atoms with Crippen LogP contribution in [0, 0.1) is 0 Å². The van der Waals surface area contributed by atoms with Crippen LogP contribution in [-0.4, -0.2) is 18.8 Å². The van der Waals surface area contributed by atoms with Gasteiger partial charge in [-0.1, -0.05) is 30.3 Å². The van der Waals surface area contributed by atoms with E-state index in [1.807, 2.05) is 6.07 Å². The van der Waals surface area contributed by atoms with Crippen molar-refractivity contribution < 1.29 is 18.3 Å². The van der Waals surface area contributed by atoms with E-state index in [9.17, 15) is 13.6 Å². The first kappa shape index (κ1) is 10.8. The van der Waals surface area contributed by atoms with Crippen molar-refractivity contribution in [2.45, 2.75) is 12.5 Å². The van der Waals surface area contributed by atoms with Crippen molar-refractivity contribution >= 4 is 6.29 Å². The Balaban J connectivity index is 2.32. The zero-order valence-electron chi connectivity index (χ0n) is 7.45. The summed E-state index contributed by atoms with van der Waals surface area (Å²) in [5, 5.41) is 0. The lowest BCUT2D eigenvalue weighted by Crippen LogP contribution is -2.25. The normalized spacial score (nSPS) is 11.3. The summed E-state index contributed by atoms with van der Waals surface area (Å²) < 4.78 is 29.4. The van der Waals surface area contributed by atoms with Crippen LogP contribution in [0.3, 0.4) is 0 Å². The molecule has 1 rings (SSSR count). The Morgan fingerprint density at radius 1 is 1.29 bits per heavy atom. The largest absolute Gasteiger partial charge is 0.370 e. The molecule has 4 heteroatoms. The molecular weight excluding hydrogens is 190 g/mol. The molecule has 0 spiro atoms. The van der Waals surface area contributed by atoms with Gasteiger partial charge in [-0.25, -0.2) is 0 Å². The Labute approximate surface area is 80.5 Å². The van der Waals surface area contributed by atoms with E-state index in [4.69, 9.17) is 4.74 Å². The lowest BCUT2D eigenvalue weighted by molar-refractivity contribution is -0.138. The van der Waals surface area contributed by atoms with Gasteiger partial charge in [-0.05, 0) is 5.56 Å². The van der Waals surface area contributed by atoms with Crippen molar-refractivity contribution in [3.63, 3.8) is 0 Å². The van der Waals surface area contributed by atoms with Crippen LogP contribution in [0.15, 0.2) is 30.3 Å². The van der Waals surface area contributed by atoms with Crippen LogP contribution in [0.25, 0.3) is 0 Å². The average molecular weight is 200 g/mol. The molecular formula is C10H10F2O2. The smallest absolute Gasteiger partial charge is 0.325 e. The number of benzene rings is 1. The molecule has 1 aromatic carbocycles. The van der Waals surface area contributed by atoms with Crippen molar-refractivity contribution in [2.75, 3.05) is 6.61 Å². The minimum absolute atomic E-state index is 0.0876. The molecule has 0 saturated carbocycles. The summed E-state index contributed by atoms with van der Waals surface area (Å²) in [6.45, 7) is -0.782. The van der Waals surface area contributed by atoms with E-state index in [-0.39, 0.29) is 6.61 Å². The Kier molecular flexibility index (Phi) is 3.71. The average Bonchev–Trinajstić information content (AvgIpc) is 2.19. The van der Waals surface area contributed by atoms with Gasteiger partial charge in [-0.2, -0.15) is 8.78 Å². The molecule has 14 heavy (non-hydrogen) atoms. The van der Waals surface area contributed by atoms with Crippen LogP contribution >= 0.6 is 0 Å². The zero-order valence-corrected chi connectivity index (χ0v) is 7.45. The highest BCUT2D eigenvalue weighted by Gasteiger charge is 2.27. The fourth-order valence-electron chi connectivity index (χ4n) is 0.913. The minimum atomic E-state index is -3.38. The quantitative estimate of drug-likeness (QED) is 0.680. The van der Waals surface area contributed by atoms with E-state index in [2.05, 4.69) is 0 Å². The van der Waals surface area contributed by atoms with E-state index in [0.717, 1.165) is 5.56 Å². The van der Waals surface area contributed by atoms with Crippen LogP contribution in [-0.2, 0) is 16.1 Å². The van der Waals surface area contributed by atoms with Gasteiger partial charge in [0.15, 0.2) is 6.29 Å². The maximum atomic E-state index is 12.4. The molecule has 0 unspecified atom stereocenters. The first-order chi connectivity index (χ1) is 6.64. The molecule has 0 aliphatic heterocycles. The first-order valence-corrected chi connectivity index (χ1v) is 4.10. The molecule has 0 aliphatic carbocycles. The number of ether oxygens (including phenoxy) is 1. The van der Waals surface area contributed by atoms with Crippen LogP contribution in [0.4, 0.5) is 8.78 Å². The Hall–Kier alpha value is -1.29. The topological polar surface area (TPSA) is 26.3 Å². The summed E-state index contributed by atoms with van der Waals surface area (Å²) >= 11 is 0. The molecule has 2 nitrogen and oxygen atoms in total. The summed E-state index contributed by atoms with van der Waals surface area (Å²) in [6, 6.07) is 8.93. The number of hydrogen-bond donors (Lipinski definition) is 0. The summed E-state index contributed by atoms with van der Waals surface area (Å²) in [6.07, 6.45) is -0.405. The lowest BCUT2D eigenvalue weighted by atomic mass is 10.2. The van der Waals surface area contributed by atoms with Gasteiger partial charge in [-0.3, -0.25) is 4.79 Å². The monoisotopic (exact) mass is 200 g/mol. The number of rotatable bonds is 5. The van der Waals surface area contributed by atoms with Gasteiger partial charge < -0.3 is 4.74 Å². The first-order valence-electron chi connectivity index (χ1n) is 4.10. The van der Waals surface area contributed by atoms with E-state index < -0.39 is 18.8 Å². The lowest BCUT2D eigenvalue weighted by Gasteiger charge is -2.09. The summed E-state index contributed by atoms with van der Waals surface area (Å²) in [5.74, 6) is -3.38. The highest BCUT2D eigenvalue weighted by atomic mass is 19.3. The van der Waals surface area contributed by atoms with Crippen molar-refractivity contribution in [3.8, 4) is 0 Å². The maximum Gasteiger partial charge on any atom is 0.325 e. The molecule has 0 amide bonds. The van der Waals surface area contributed by atoms with Crippen molar-refractivity contribution in [1.82, 2.24) is 0 Å². The number of carbonyl (C=O) groups is 1. The predicted octanol–water partition coefficient (Wildman–Crippen LogP) is 2.04. The SMILES string of the molecule is O=CC(F)(F)COCc1ccccc1. The molecule has 0 N–H and O–H groups in total. The Morgan fingerprint density at radius 3 is 2.50 bits per heavy atom. The second kappa shape index (κ2) is 4.81. The van der Waals surface area contributed by atoms with Gasteiger partial charge in [0, 0.05) is 0 Å². The van der Waals surface area contributed by atoms with Crippen LogP contribution < -0.4 is 0 Å². The van der Waals surface area contributed by atoms with Gasteiger partial charge in [0.25, 0.3) is 0 Å². The zero-order chi connectivity index (χ0) is 10.4. The third-order valence-electron chi connectivity index (χ3n) is 1.58. The summed E-state index contributed by atoms with van der Waals surface area (Å²) in [4.78, 5) is 9.84. The maximum absolute atomic E-state index is 12.4. The van der Waals surface area contributed by atoms with E-state index >= 15 is 0 Å². The molecule has 76 valence electrons. The van der Waals surface area contributed by atoms with Crippen LogP contribution in [0.1, 0.15) is 5.56 Å². The molecule has 1 aromatic rings. The minimum Gasteiger partial charge on any atom is -0.370 e. The van der Waals surface area contributed by atoms with Gasteiger partial charge in [0.05, 0.1) is 6.61 Å². The fourth-order valence-corrected chi connectivity index (χ4v) is 0.913. The Bertz CT molecular complexity index is 285. The third kappa shape index (κ3) is 3.62. The van der Waals surface area contributed by atoms with E-state index in [0.29, 0.717) is 0 Å². The predicted molar refractivity (Wildman–Crippen MR) is 47.1 cm³/mol. The number of alkyl halides is 2. The van der Waals surface area contributed by atoms with Crippen molar-refractivity contribution in [1.29, 1.82) is 0 Å². The van der Waals surface area contributed by atoms with Crippen LogP contribution in [0.5, 0.6) is 0 Å². The highest BCUT2D eigenvalue weighted by molar-refractivity contribution is 5.59. The molecule has 0 radical (unpaired) electrons. The van der Waals surface area contributed by atoms with Gasteiger partial charge in [0.1, 0.15) is 6.61 Å². The van der Waals surface area contributed by atoms with Gasteiger partial charge in [-0.15, -0.1) is 0 Å². The summed E-state index contributed by atoms with van der Waals surface area (Å²) in [7, 11) is 0. The standard InChI is InChI=1S/C10H10F2O2/c11-10(12,7-13)8-14-6-9-4-2-1-3-5-9/h1-5,7H,6,8H2. The molecule has 0 atom stereocenters. The highest BCUT2D eigenvalue weighted by Crippen LogP contribution is 2.11. The fraction of sp³-hybridized carbons (Fsp3) is 0.300. The Morgan fingerprint density at radius 2 is 1.93 bits per heavy atom. The number of carbonyl (C=O) groups excluding carboxylic acids is 1. The third-order valence-corrected chi connectivity index (χ3v) is 1.58. The van der Waals surface area contributed by atoms with Crippen molar-refractivity contribution in [2.24, 2.45) is 0 Å². The van der Waals surface area contributed by atoms with Gasteiger partial charge >= 0.3 is 5.92 Å². The second-order valence-corrected chi connectivity index (χ2v) is 2.86. The molecule has 0 saturated heterocycles. The number of aldehydes is 1. The molecule has 0 heterocycles. The second-order valence-electron chi connectivity index (χ2n) is 2.86. The summed E-state index contributed by atoms with van der Waals surface area (Å²) in [5.41, 5.74) is 0.800. The number of hydrogen-bond acceptors (Lipinski definition) is 2. The van der Waals surface area contributed by atoms with E-state index in [1.54, 1.807) is 24.3 Å². The number of halogens is 2. The molecule has 0 fully saturated rings. The molecule has 0 aliphatic rings. The van der Waals surface area contributed by atoms with Crippen molar-refractivity contribution in [3.05, 3.63) is 35.9 Å². The molecule has 0 aromatic heterocycles. The molecule has 0 bridgehead atoms.